The van der Waals surface area contributed by atoms with Crippen molar-refractivity contribution in [3.63, 3.8) is 0 Å². The van der Waals surface area contributed by atoms with E-state index in [0.717, 1.165) is 17.7 Å². The minimum absolute atomic E-state index is 0.318. The predicted molar refractivity (Wildman–Crippen MR) is 109 cm³/mol. The lowest BCUT2D eigenvalue weighted by Crippen LogP contribution is -2.38. The van der Waals surface area contributed by atoms with Crippen molar-refractivity contribution in [3.05, 3.63) is 89.5 Å². The van der Waals surface area contributed by atoms with Gasteiger partial charge in [0.1, 0.15) is 12.0 Å². The Morgan fingerprint density at radius 1 is 1.24 bits per heavy atom. The quantitative estimate of drug-likeness (QED) is 0.624. The van der Waals surface area contributed by atoms with Gasteiger partial charge in [0, 0.05) is 18.3 Å². The molecule has 0 saturated carbocycles. The summed E-state index contributed by atoms with van der Waals surface area (Å²) in [6.45, 7) is 0.706. The number of pyridine rings is 1. The molecular weight excluding hydrogens is 371 g/mol. The molecule has 6 nitrogen and oxygen atoms in total. The van der Waals surface area contributed by atoms with Gasteiger partial charge in [-0.25, -0.2) is 14.6 Å². The van der Waals surface area contributed by atoms with Crippen LogP contribution in [-0.2, 0) is 11.2 Å². The molecule has 7 heteroatoms. The van der Waals surface area contributed by atoms with Crippen LogP contribution in [0.1, 0.15) is 27.7 Å². The fraction of sp³-hybridized carbons (Fsp3) is 0.182. The van der Waals surface area contributed by atoms with Crippen molar-refractivity contribution in [1.29, 1.82) is 0 Å². The topological polar surface area (TPSA) is 66.5 Å². The maximum absolute atomic E-state index is 14.0. The zero-order chi connectivity index (χ0) is 20.2. The lowest BCUT2D eigenvalue weighted by atomic mass is 10.1. The molecule has 1 unspecified atom stereocenters. The Kier molecular flexibility index (Phi) is 5.39. The number of methoxy groups -OCH3 is 1. The number of hydrogen-bond donors (Lipinski definition) is 2. The van der Waals surface area contributed by atoms with Crippen LogP contribution in [0.25, 0.3) is 0 Å². The van der Waals surface area contributed by atoms with Gasteiger partial charge >= 0.3 is 5.97 Å². The second-order valence-corrected chi connectivity index (χ2v) is 6.71. The summed E-state index contributed by atoms with van der Waals surface area (Å²) in [4.78, 5) is 16.1. The number of benzene rings is 2. The number of rotatable bonds is 6. The molecule has 0 radical (unpaired) electrons. The van der Waals surface area contributed by atoms with E-state index in [2.05, 4.69) is 27.9 Å². The van der Waals surface area contributed by atoms with E-state index >= 15 is 0 Å². The summed E-state index contributed by atoms with van der Waals surface area (Å²) in [5.74, 6) is -0.782. The second-order valence-electron chi connectivity index (χ2n) is 6.71. The highest BCUT2D eigenvalue weighted by Crippen LogP contribution is 2.34. The van der Waals surface area contributed by atoms with Crippen LogP contribution in [-0.4, -0.2) is 24.6 Å². The molecule has 3 aromatic rings. The number of nitrogens with zero attached hydrogens (tertiary/aromatic N) is 2. The summed E-state index contributed by atoms with van der Waals surface area (Å²) in [7, 11) is 1.33. The van der Waals surface area contributed by atoms with Crippen molar-refractivity contribution in [1.82, 2.24) is 10.4 Å². The summed E-state index contributed by atoms with van der Waals surface area (Å²) in [5.41, 5.74) is 7.11. The molecule has 0 spiro atoms. The number of fused-ring (bicyclic) bond motifs is 1. The van der Waals surface area contributed by atoms with Crippen LogP contribution in [0.15, 0.2) is 67.0 Å². The van der Waals surface area contributed by atoms with E-state index in [1.807, 2.05) is 23.2 Å². The maximum Gasteiger partial charge on any atom is 0.340 e. The molecule has 0 bridgehead atoms. The molecule has 2 N–H and O–H groups in total. The summed E-state index contributed by atoms with van der Waals surface area (Å²) < 4.78 is 18.8. The number of esters is 1. The third kappa shape index (κ3) is 4.05. The zero-order valence-electron chi connectivity index (χ0n) is 15.9. The molecule has 29 heavy (non-hydrogen) atoms. The van der Waals surface area contributed by atoms with Gasteiger partial charge in [-0.2, -0.15) is 0 Å². The van der Waals surface area contributed by atoms with E-state index in [1.165, 1.54) is 31.0 Å². The Morgan fingerprint density at radius 2 is 2.07 bits per heavy atom. The lowest BCUT2D eigenvalue weighted by molar-refractivity contribution is 0.0601. The van der Waals surface area contributed by atoms with Crippen LogP contribution in [0.3, 0.4) is 0 Å². The van der Waals surface area contributed by atoms with E-state index < -0.39 is 12.1 Å². The Hall–Kier alpha value is -3.45. The molecular formula is C22H21FN4O2. The number of anilines is 2. The molecule has 0 amide bonds. The Labute approximate surface area is 168 Å². The van der Waals surface area contributed by atoms with Gasteiger partial charge in [-0.15, -0.1) is 0 Å². The minimum atomic E-state index is -0.465. The molecule has 0 fully saturated rings. The standard InChI is InChI=1S/C22H21FN4O2/c1-29-22(28)17-9-11-24-14-19(17)25-21-18-13-16(23)7-8-20(18)27(26-21)12-10-15-5-3-2-4-6-15/h2-9,11,13-14,21,25-26H,10,12H2,1H3. The number of hydrogen-bond acceptors (Lipinski definition) is 6. The highest BCUT2D eigenvalue weighted by atomic mass is 19.1. The maximum atomic E-state index is 14.0. The van der Waals surface area contributed by atoms with Gasteiger partial charge in [0.15, 0.2) is 0 Å². The largest absolute Gasteiger partial charge is 0.465 e. The monoisotopic (exact) mass is 392 g/mol. The summed E-state index contributed by atoms with van der Waals surface area (Å²) in [6, 6.07) is 16.5. The van der Waals surface area contributed by atoms with Gasteiger partial charge in [0.2, 0.25) is 0 Å². The van der Waals surface area contributed by atoms with Crippen LogP contribution in [0.4, 0.5) is 15.8 Å². The van der Waals surface area contributed by atoms with Gasteiger partial charge in [-0.05, 0) is 36.2 Å². The van der Waals surface area contributed by atoms with E-state index in [4.69, 9.17) is 4.74 Å². The number of halogens is 1. The SMILES string of the molecule is COC(=O)c1ccncc1NC1NN(CCc2ccccc2)c2ccc(F)cc21. The van der Waals surface area contributed by atoms with Crippen molar-refractivity contribution < 1.29 is 13.9 Å². The van der Waals surface area contributed by atoms with Crippen molar-refractivity contribution in [2.45, 2.75) is 12.6 Å². The molecule has 2 aromatic carbocycles. The molecule has 0 saturated heterocycles. The molecule has 0 aliphatic carbocycles. The normalized spacial score (nSPS) is 15.1. The first-order valence-electron chi connectivity index (χ1n) is 9.31. The Balaban J connectivity index is 1.58. The van der Waals surface area contributed by atoms with Crippen LogP contribution >= 0.6 is 0 Å². The molecule has 1 aliphatic rings. The van der Waals surface area contributed by atoms with Crippen LogP contribution < -0.4 is 15.8 Å². The Morgan fingerprint density at radius 3 is 2.86 bits per heavy atom. The number of nitrogens with one attached hydrogen (secondary N) is 2. The first-order valence-corrected chi connectivity index (χ1v) is 9.31. The van der Waals surface area contributed by atoms with Crippen LogP contribution in [0.5, 0.6) is 0 Å². The number of aromatic nitrogens is 1. The highest BCUT2D eigenvalue weighted by Gasteiger charge is 2.29. The number of carbonyl (C=O) groups excluding carboxylic acids is 1. The molecule has 1 aliphatic heterocycles. The minimum Gasteiger partial charge on any atom is -0.465 e. The van der Waals surface area contributed by atoms with E-state index in [9.17, 15) is 9.18 Å². The van der Waals surface area contributed by atoms with Crippen molar-refractivity contribution >= 4 is 17.3 Å². The van der Waals surface area contributed by atoms with Gasteiger partial charge in [-0.1, -0.05) is 30.3 Å². The smallest absolute Gasteiger partial charge is 0.340 e. The first-order chi connectivity index (χ1) is 14.2. The summed E-state index contributed by atoms with van der Waals surface area (Å²) in [6.07, 6.45) is 3.50. The van der Waals surface area contributed by atoms with Gasteiger partial charge in [-0.3, -0.25) is 4.98 Å². The molecule has 1 aromatic heterocycles. The zero-order valence-corrected chi connectivity index (χ0v) is 15.9. The Bertz CT molecular complexity index is 1010. The average molecular weight is 392 g/mol. The van der Waals surface area contributed by atoms with Crippen molar-refractivity contribution in [2.24, 2.45) is 0 Å². The van der Waals surface area contributed by atoms with E-state index in [1.54, 1.807) is 18.3 Å². The average Bonchev–Trinajstić information content (AvgIpc) is 3.09. The molecule has 1 atom stereocenters. The molecule has 148 valence electrons. The van der Waals surface area contributed by atoms with E-state index in [0.29, 0.717) is 17.8 Å². The van der Waals surface area contributed by atoms with Crippen LogP contribution in [0, 0.1) is 5.82 Å². The number of hydrazine groups is 1. The third-order valence-electron chi connectivity index (χ3n) is 4.87. The summed E-state index contributed by atoms with van der Waals surface area (Å²) >= 11 is 0. The van der Waals surface area contributed by atoms with Gasteiger partial charge in [0.05, 0.1) is 30.2 Å². The van der Waals surface area contributed by atoms with Crippen molar-refractivity contribution in [3.8, 4) is 0 Å². The first kappa shape index (κ1) is 18.9. The fourth-order valence-corrected chi connectivity index (χ4v) is 3.43. The third-order valence-corrected chi connectivity index (χ3v) is 4.87. The van der Waals surface area contributed by atoms with Gasteiger partial charge in [0.25, 0.3) is 0 Å². The molecule has 4 rings (SSSR count). The van der Waals surface area contributed by atoms with Gasteiger partial charge < -0.3 is 15.1 Å². The summed E-state index contributed by atoms with van der Waals surface area (Å²) in [5, 5.41) is 5.25. The number of ether oxygens (including phenoxy) is 1. The molecule has 2 heterocycles. The fourth-order valence-electron chi connectivity index (χ4n) is 3.43. The second kappa shape index (κ2) is 8.28. The predicted octanol–water partition coefficient (Wildman–Crippen LogP) is 3.69. The van der Waals surface area contributed by atoms with Crippen LogP contribution in [0.2, 0.25) is 0 Å². The number of carbonyl (C=O) groups is 1. The lowest BCUT2D eigenvalue weighted by Gasteiger charge is -2.22. The van der Waals surface area contributed by atoms with E-state index in [-0.39, 0.29) is 5.82 Å². The highest BCUT2D eigenvalue weighted by molar-refractivity contribution is 5.95. The van der Waals surface area contributed by atoms with Crippen molar-refractivity contribution in [2.75, 3.05) is 24.0 Å².